The molecule has 1 atom stereocenters. The van der Waals surface area contributed by atoms with Gasteiger partial charge in [-0.2, -0.15) is 5.10 Å². The van der Waals surface area contributed by atoms with Crippen molar-refractivity contribution in [3.05, 3.63) is 69.9 Å². The predicted molar refractivity (Wildman–Crippen MR) is 95.1 cm³/mol. The van der Waals surface area contributed by atoms with E-state index in [1.165, 1.54) is 22.4 Å². The Morgan fingerprint density at radius 1 is 1.04 bits per heavy atom. The molecule has 1 aromatic heterocycles. The summed E-state index contributed by atoms with van der Waals surface area (Å²) in [6.07, 6.45) is -0.0233. The molecule has 4 heteroatoms. The van der Waals surface area contributed by atoms with Crippen LogP contribution in [-0.4, -0.2) is 9.78 Å². The second-order valence-corrected chi connectivity index (χ2v) is 6.65. The number of nitrogens with zero attached hydrogens (tertiary/aromatic N) is 2. The van der Waals surface area contributed by atoms with Crippen LogP contribution in [0.4, 0.5) is 5.69 Å². The van der Waals surface area contributed by atoms with Gasteiger partial charge in [-0.15, -0.1) is 0 Å². The number of fused-ring (bicyclic) bond motifs is 3. The molecule has 0 unspecified atom stereocenters. The normalized spacial score (nSPS) is 15.7. The smallest absolute Gasteiger partial charge is 0.147 e. The summed E-state index contributed by atoms with van der Waals surface area (Å²) < 4.78 is 2.07. The Bertz CT molecular complexity index is 894. The SMILES string of the molecule is Cc1cc(C)c2c(c1)-c1cc(C)nn1[C@@H](c1ccc(Cl)cc1)N2. The summed E-state index contributed by atoms with van der Waals surface area (Å²) in [5, 5.41) is 9.11. The standard InChI is InChI=1S/C19H18ClN3/c1-11-8-12(2)18-16(9-11)17-10-13(3)22-23(17)19(21-18)14-4-6-15(20)7-5-14/h4-10,19,21H,1-3H3/t19-/m0/s1. The zero-order valence-electron chi connectivity index (χ0n) is 13.4. The van der Waals surface area contributed by atoms with Gasteiger partial charge >= 0.3 is 0 Å². The highest BCUT2D eigenvalue weighted by Gasteiger charge is 2.27. The topological polar surface area (TPSA) is 29.9 Å². The van der Waals surface area contributed by atoms with Crippen molar-refractivity contribution in [2.24, 2.45) is 0 Å². The number of benzene rings is 2. The van der Waals surface area contributed by atoms with Crippen molar-refractivity contribution in [2.75, 3.05) is 5.32 Å². The molecule has 3 aromatic rings. The molecule has 0 spiro atoms. The van der Waals surface area contributed by atoms with Gasteiger partial charge in [0.05, 0.1) is 11.4 Å². The van der Waals surface area contributed by atoms with Gasteiger partial charge in [-0.3, -0.25) is 0 Å². The Hall–Kier alpha value is -2.26. The number of aromatic nitrogens is 2. The van der Waals surface area contributed by atoms with Crippen LogP contribution >= 0.6 is 11.6 Å². The molecule has 4 rings (SSSR count). The monoisotopic (exact) mass is 323 g/mol. The van der Waals surface area contributed by atoms with E-state index in [1.54, 1.807) is 0 Å². The first-order valence-electron chi connectivity index (χ1n) is 7.73. The largest absolute Gasteiger partial charge is 0.359 e. The van der Waals surface area contributed by atoms with E-state index in [-0.39, 0.29) is 6.17 Å². The highest BCUT2D eigenvalue weighted by molar-refractivity contribution is 6.30. The third-order valence-electron chi connectivity index (χ3n) is 4.33. The molecule has 1 N–H and O–H groups in total. The van der Waals surface area contributed by atoms with Crippen molar-refractivity contribution in [3.8, 4) is 11.3 Å². The number of aryl methyl sites for hydroxylation is 3. The van der Waals surface area contributed by atoms with Gasteiger partial charge in [0, 0.05) is 16.3 Å². The lowest BCUT2D eigenvalue weighted by Crippen LogP contribution is -2.26. The molecular weight excluding hydrogens is 306 g/mol. The van der Waals surface area contributed by atoms with E-state index in [1.807, 2.05) is 19.1 Å². The van der Waals surface area contributed by atoms with Gasteiger partial charge in [0.15, 0.2) is 0 Å². The molecular formula is C19H18ClN3. The van der Waals surface area contributed by atoms with Gasteiger partial charge < -0.3 is 5.32 Å². The van der Waals surface area contributed by atoms with Crippen molar-refractivity contribution in [1.29, 1.82) is 0 Å². The second-order valence-electron chi connectivity index (χ2n) is 6.22. The molecule has 0 aliphatic carbocycles. The molecule has 0 radical (unpaired) electrons. The van der Waals surface area contributed by atoms with Crippen molar-refractivity contribution in [1.82, 2.24) is 9.78 Å². The van der Waals surface area contributed by atoms with Crippen LogP contribution in [0.25, 0.3) is 11.3 Å². The molecule has 0 fully saturated rings. The van der Waals surface area contributed by atoms with Gasteiger partial charge in [0.25, 0.3) is 0 Å². The van der Waals surface area contributed by atoms with E-state index < -0.39 is 0 Å². The molecule has 0 saturated carbocycles. The maximum atomic E-state index is 6.04. The van der Waals surface area contributed by atoms with Gasteiger partial charge in [-0.25, -0.2) is 4.68 Å². The lowest BCUT2D eigenvalue weighted by Gasteiger charge is -2.30. The van der Waals surface area contributed by atoms with Gasteiger partial charge in [-0.1, -0.05) is 35.4 Å². The molecule has 1 aliphatic rings. The molecule has 23 heavy (non-hydrogen) atoms. The van der Waals surface area contributed by atoms with Crippen molar-refractivity contribution in [3.63, 3.8) is 0 Å². The summed E-state index contributed by atoms with van der Waals surface area (Å²) in [4.78, 5) is 0. The fourth-order valence-corrected chi connectivity index (χ4v) is 3.47. The first-order valence-corrected chi connectivity index (χ1v) is 8.10. The maximum absolute atomic E-state index is 6.04. The van der Waals surface area contributed by atoms with Crippen molar-refractivity contribution < 1.29 is 0 Å². The second kappa shape index (κ2) is 5.14. The number of anilines is 1. The van der Waals surface area contributed by atoms with E-state index in [9.17, 15) is 0 Å². The first kappa shape index (κ1) is 14.3. The molecule has 0 amide bonds. The minimum absolute atomic E-state index is 0.0233. The van der Waals surface area contributed by atoms with Crippen LogP contribution in [0.15, 0.2) is 42.5 Å². The Morgan fingerprint density at radius 3 is 2.52 bits per heavy atom. The Balaban J connectivity index is 1.93. The quantitative estimate of drug-likeness (QED) is 0.675. The average molecular weight is 324 g/mol. The van der Waals surface area contributed by atoms with Crippen molar-refractivity contribution >= 4 is 17.3 Å². The lowest BCUT2D eigenvalue weighted by molar-refractivity contribution is 0.570. The lowest BCUT2D eigenvalue weighted by atomic mass is 9.98. The first-order chi connectivity index (χ1) is 11.0. The van der Waals surface area contributed by atoms with Crippen LogP contribution < -0.4 is 5.32 Å². The summed E-state index contributed by atoms with van der Waals surface area (Å²) in [6, 6.07) is 14.5. The fourth-order valence-electron chi connectivity index (χ4n) is 3.34. The summed E-state index contributed by atoms with van der Waals surface area (Å²) in [5.41, 5.74) is 8.24. The molecule has 3 nitrogen and oxygen atoms in total. The minimum atomic E-state index is -0.0233. The van der Waals surface area contributed by atoms with E-state index in [0.717, 1.165) is 22.0 Å². The summed E-state index contributed by atoms with van der Waals surface area (Å²) >= 11 is 6.04. The highest BCUT2D eigenvalue weighted by Crippen LogP contribution is 2.41. The predicted octanol–water partition coefficient (Wildman–Crippen LogP) is 5.10. The fraction of sp³-hybridized carbons (Fsp3) is 0.211. The summed E-state index contributed by atoms with van der Waals surface area (Å²) in [7, 11) is 0. The van der Waals surface area contributed by atoms with Crippen LogP contribution in [0.5, 0.6) is 0 Å². The van der Waals surface area contributed by atoms with Crippen LogP contribution in [0, 0.1) is 20.8 Å². The van der Waals surface area contributed by atoms with E-state index in [4.69, 9.17) is 16.7 Å². The van der Waals surface area contributed by atoms with Crippen LogP contribution in [-0.2, 0) is 0 Å². The minimum Gasteiger partial charge on any atom is -0.359 e. The molecule has 2 aromatic carbocycles. The highest BCUT2D eigenvalue weighted by atomic mass is 35.5. The Morgan fingerprint density at radius 2 is 1.78 bits per heavy atom. The number of hydrogen-bond donors (Lipinski definition) is 1. The Labute approximate surface area is 140 Å². The molecule has 0 saturated heterocycles. The maximum Gasteiger partial charge on any atom is 0.147 e. The summed E-state index contributed by atoms with van der Waals surface area (Å²) in [6.45, 7) is 6.31. The van der Waals surface area contributed by atoms with Gasteiger partial charge in [0.1, 0.15) is 6.17 Å². The molecule has 2 heterocycles. The van der Waals surface area contributed by atoms with Crippen LogP contribution in [0.2, 0.25) is 5.02 Å². The van der Waals surface area contributed by atoms with Crippen molar-refractivity contribution in [2.45, 2.75) is 26.9 Å². The third kappa shape index (κ3) is 2.32. The third-order valence-corrected chi connectivity index (χ3v) is 4.58. The molecule has 116 valence electrons. The number of halogens is 1. The van der Waals surface area contributed by atoms with Gasteiger partial charge in [0.2, 0.25) is 0 Å². The average Bonchev–Trinajstić information content (AvgIpc) is 2.89. The van der Waals surface area contributed by atoms with Crippen LogP contribution in [0.1, 0.15) is 28.6 Å². The zero-order chi connectivity index (χ0) is 16.1. The van der Waals surface area contributed by atoms with E-state index in [2.05, 4.69) is 54.2 Å². The molecule has 0 bridgehead atoms. The number of rotatable bonds is 1. The van der Waals surface area contributed by atoms with E-state index >= 15 is 0 Å². The zero-order valence-corrected chi connectivity index (χ0v) is 14.1. The van der Waals surface area contributed by atoms with Gasteiger partial charge in [-0.05, 0) is 56.2 Å². The summed E-state index contributed by atoms with van der Waals surface area (Å²) in [5.74, 6) is 0. The van der Waals surface area contributed by atoms with E-state index in [0.29, 0.717) is 0 Å². The molecule has 1 aliphatic heterocycles. The number of nitrogens with one attached hydrogen (secondary N) is 1. The van der Waals surface area contributed by atoms with Crippen LogP contribution in [0.3, 0.4) is 0 Å². The number of hydrogen-bond acceptors (Lipinski definition) is 2. The Kier molecular flexibility index (Phi) is 3.20.